The maximum absolute atomic E-state index is 5.40. The predicted molar refractivity (Wildman–Crippen MR) is 59.1 cm³/mol. The summed E-state index contributed by atoms with van der Waals surface area (Å²) in [5.41, 5.74) is 0. The van der Waals surface area contributed by atoms with Gasteiger partial charge in [0, 0.05) is 26.8 Å². The molecule has 0 aliphatic heterocycles. The highest BCUT2D eigenvalue weighted by Crippen LogP contribution is 2.21. The summed E-state index contributed by atoms with van der Waals surface area (Å²) >= 11 is 0. The maximum atomic E-state index is 5.40. The van der Waals surface area contributed by atoms with Crippen molar-refractivity contribution in [3.05, 3.63) is 0 Å². The van der Waals surface area contributed by atoms with E-state index in [1.54, 1.807) is 14.2 Å². The van der Waals surface area contributed by atoms with E-state index in [4.69, 9.17) is 14.2 Å². The molecule has 0 spiro atoms. The Morgan fingerprint density at radius 1 is 1.13 bits per heavy atom. The van der Waals surface area contributed by atoms with Crippen molar-refractivity contribution in [2.45, 2.75) is 31.4 Å². The third-order valence-electron chi connectivity index (χ3n) is 2.84. The molecular weight excluding hydrogens is 194 g/mol. The Morgan fingerprint density at radius 3 is 2.73 bits per heavy atom. The van der Waals surface area contributed by atoms with Crippen molar-refractivity contribution in [3.8, 4) is 0 Å². The zero-order chi connectivity index (χ0) is 10.9. The minimum Gasteiger partial charge on any atom is -0.382 e. The summed E-state index contributed by atoms with van der Waals surface area (Å²) < 4.78 is 15.7. The predicted octanol–water partition coefficient (Wildman–Crippen LogP) is 0.806. The molecule has 1 fully saturated rings. The molecule has 90 valence electrons. The van der Waals surface area contributed by atoms with Crippen molar-refractivity contribution < 1.29 is 14.2 Å². The summed E-state index contributed by atoms with van der Waals surface area (Å²) in [6.45, 7) is 2.99. The molecule has 0 aromatic heterocycles. The largest absolute Gasteiger partial charge is 0.382 e. The quantitative estimate of drug-likeness (QED) is 0.611. The molecule has 1 aliphatic carbocycles. The molecule has 1 aliphatic rings. The summed E-state index contributed by atoms with van der Waals surface area (Å²) in [5.74, 6) is 0. The Hall–Kier alpha value is -0.160. The van der Waals surface area contributed by atoms with Crippen LogP contribution in [0.1, 0.15) is 19.3 Å². The highest BCUT2D eigenvalue weighted by atomic mass is 16.5. The van der Waals surface area contributed by atoms with Gasteiger partial charge in [-0.3, -0.25) is 0 Å². The van der Waals surface area contributed by atoms with Crippen molar-refractivity contribution in [2.75, 3.05) is 40.6 Å². The average Bonchev–Trinajstić information content (AvgIpc) is 2.70. The topological polar surface area (TPSA) is 39.7 Å². The van der Waals surface area contributed by atoms with Gasteiger partial charge in [-0.1, -0.05) is 0 Å². The van der Waals surface area contributed by atoms with Crippen LogP contribution >= 0.6 is 0 Å². The van der Waals surface area contributed by atoms with Crippen LogP contribution in [0.25, 0.3) is 0 Å². The minimum absolute atomic E-state index is 0.393. The van der Waals surface area contributed by atoms with Gasteiger partial charge in [-0.2, -0.15) is 0 Å². The Balaban J connectivity index is 1.95. The Morgan fingerprint density at radius 2 is 2.00 bits per heavy atom. The van der Waals surface area contributed by atoms with Crippen LogP contribution in [-0.4, -0.2) is 52.7 Å². The van der Waals surface area contributed by atoms with E-state index in [9.17, 15) is 0 Å². The zero-order valence-electron chi connectivity index (χ0n) is 9.83. The third-order valence-corrected chi connectivity index (χ3v) is 2.84. The van der Waals surface area contributed by atoms with Crippen LogP contribution in [0.15, 0.2) is 0 Å². The molecule has 1 N–H and O–H groups in total. The van der Waals surface area contributed by atoms with Gasteiger partial charge in [0.15, 0.2) is 0 Å². The second-order valence-electron chi connectivity index (χ2n) is 3.87. The number of hydrogen-bond donors (Lipinski definition) is 1. The molecular formula is C11H23NO3. The molecule has 0 amide bonds. The number of methoxy groups -OCH3 is 2. The first-order valence-corrected chi connectivity index (χ1v) is 5.71. The lowest BCUT2D eigenvalue weighted by atomic mass is 10.2. The number of hydrogen-bond acceptors (Lipinski definition) is 4. The Bertz CT molecular complexity index is 155. The van der Waals surface area contributed by atoms with Gasteiger partial charge in [-0.15, -0.1) is 0 Å². The van der Waals surface area contributed by atoms with Gasteiger partial charge < -0.3 is 19.5 Å². The van der Waals surface area contributed by atoms with E-state index >= 15 is 0 Å². The lowest BCUT2D eigenvalue weighted by Gasteiger charge is -2.19. The first-order chi connectivity index (χ1) is 7.38. The monoisotopic (exact) mass is 217 g/mol. The second kappa shape index (κ2) is 8.05. The van der Waals surface area contributed by atoms with Crippen LogP contribution in [0.2, 0.25) is 0 Å². The van der Waals surface area contributed by atoms with Crippen LogP contribution in [0, 0.1) is 0 Å². The van der Waals surface area contributed by atoms with Crippen molar-refractivity contribution in [1.82, 2.24) is 5.32 Å². The molecule has 1 saturated carbocycles. The fourth-order valence-corrected chi connectivity index (χ4v) is 2.00. The van der Waals surface area contributed by atoms with Crippen molar-refractivity contribution in [3.63, 3.8) is 0 Å². The van der Waals surface area contributed by atoms with Gasteiger partial charge in [0.25, 0.3) is 0 Å². The molecule has 1 rings (SSSR count). The lowest BCUT2D eigenvalue weighted by Crippen LogP contribution is -2.38. The number of nitrogens with one attached hydrogen (secondary N) is 1. The highest BCUT2D eigenvalue weighted by Gasteiger charge is 2.25. The maximum Gasteiger partial charge on any atom is 0.0724 e. The molecule has 0 saturated heterocycles. The van der Waals surface area contributed by atoms with Gasteiger partial charge in [-0.25, -0.2) is 0 Å². The summed E-state index contributed by atoms with van der Waals surface area (Å²) in [6, 6.07) is 0.515. The van der Waals surface area contributed by atoms with Gasteiger partial charge >= 0.3 is 0 Å². The minimum atomic E-state index is 0.393. The standard InChI is InChI=1S/C11H23NO3/c1-13-8-9-15-7-6-12-10-4-3-5-11(10)14-2/h10-12H,3-9H2,1-2H3. The SMILES string of the molecule is COCCOCCNC1CCCC1OC. The normalized spacial score (nSPS) is 26.0. The summed E-state index contributed by atoms with van der Waals surface area (Å²) in [6.07, 6.45) is 4.06. The average molecular weight is 217 g/mol. The fraction of sp³-hybridized carbons (Fsp3) is 1.00. The molecule has 0 heterocycles. The van der Waals surface area contributed by atoms with Gasteiger partial charge in [-0.05, 0) is 19.3 Å². The Labute approximate surface area is 92.3 Å². The lowest BCUT2D eigenvalue weighted by molar-refractivity contribution is 0.0613. The number of rotatable bonds is 8. The van der Waals surface area contributed by atoms with Crippen LogP contribution in [0.4, 0.5) is 0 Å². The smallest absolute Gasteiger partial charge is 0.0724 e. The van der Waals surface area contributed by atoms with E-state index in [0.717, 1.165) is 13.2 Å². The zero-order valence-corrected chi connectivity index (χ0v) is 9.83. The summed E-state index contributed by atoms with van der Waals surface area (Å²) in [7, 11) is 3.48. The van der Waals surface area contributed by atoms with Gasteiger partial charge in [0.05, 0.1) is 25.9 Å². The van der Waals surface area contributed by atoms with Crippen LogP contribution in [0.5, 0.6) is 0 Å². The molecule has 2 unspecified atom stereocenters. The summed E-state index contributed by atoms with van der Waals surface area (Å²) in [5, 5.41) is 3.47. The second-order valence-corrected chi connectivity index (χ2v) is 3.87. The molecule has 0 bridgehead atoms. The van der Waals surface area contributed by atoms with E-state index < -0.39 is 0 Å². The van der Waals surface area contributed by atoms with Crippen molar-refractivity contribution in [1.29, 1.82) is 0 Å². The number of ether oxygens (including phenoxy) is 3. The van der Waals surface area contributed by atoms with Crippen LogP contribution < -0.4 is 5.32 Å². The van der Waals surface area contributed by atoms with E-state index in [0.29, 0.717) is 25.4 Å². The Kier molecular flexibility index (Phi) is 6.92. The third kappa shape index (κ3) is 4.93. The van der Waals surface area contributed by atoms with E-state index in [-0.39, 0.29) is 0 Å². The molecule has 0 aromatic carbocycles. The van der Waals surface area contributed by atoms with Crippen molar-refractivity contribution in [2.24, 2.45) is 0 Å². The van der Waals surface area contributed by atoms with Gasteiger partial charge in [0.1, 0.15) is 0 Å². The molecule has 4 nitrogen and oxygen atoms in total. The molecule has 0 aromatic rings. The van der Waals surface area contributed by atoms with Gasteiger partial charge in [0.2, 0.25) is 0 Å². The van der Waals surface area contributed by atoms with Crippen molar-refractivity contribution >= 4 is 0 Å². The first-order valence-electron chi connectivity index (χ1n) is 5.71. The molecule has 0 radical (unpaired) electrons. The van der Waals surface area contributed by atoms with E-state index in [2.05, 4.69) is 5.32 Å². The fourth-order valence-electron chi connectivity index (χ4n) is 2.00. The van der Waals surface area contributed by atoms with Crippen LogP contribution in [-0.2, 0) is 14.2 Å². The van der Waals surface area contributed by atoms with Crippen LogP contribution in [0.3, 0.4) is 0 Å². The first kappa shape index (κ1) is 12.9. The molecule has 15 heavy (non-hydrogen) atoms. The van der Waals surface area contributed by atoms with E-state index in [1.165, 1.54) is 19.3 Å². The molecule has 4 heteroatoms. The highest BCUT2D eigenvalue weighted by molar-refractivity contribution is 4.83. The van der Waals surface area contributed by atoms with E-state index in [1.807, 2.05) is 0 Å². The molecule has 2 atom stereocenters. The summed E-state index contributed by atoms with van der Waals surface area (Å²) in [4.78, 5) is 0.